The minimum Gasteiger partial charge on any atom is -0.496 e. The molecule has 108 valence electrons. The van der Waals surface area contributed by atoms with E-state index in [4.69, 9.17) is 10.5 Å². The van der Waals surface area contributed by atoms with Gasteiger partial charge in [-0.15, -0.1) is 11.3 Å². The van der Waals surface area contributed by atoms with Crippen molar-refractivity contribution < 1.29 is 4.74 Å². The fourth-order valence-electron chi connectivity index (χ4n) is 2.24. The first kappa shape index (κ1) is 15.0. The molecular formula is C16H22N2OS. The second kappa shape index (κ2) is 7.43. The van der Waals surface area contributed by atoms with Crippen LogP contribution in [0.25, 0.3) is 0 Å². The van der Waals surface area contributed by atoms with Crippen molar-refractivity contribution in [2.24, 2.45) is 5.73 Å². The molecule has 0 aliphatic carbocycles. The third kappa shape index (κ3) is 4.07. The van der Waals surface area contributed by atoms with Gasteiger partial charge in [-0.05, 0) is 42.6 Å². The Hall–Kier alpha value is -1.36. The Kier molecular flexibility index (Phi) is 5.59. The van der Waals surface area contributed by atoms with Gasteiger partial charge in [-0.1, -0.05) is 12.1 Å². The van der Waals surface area contributed by atoms with Crippen LogP contribution in [0.1, 0.15) is 16.0 Å². The molecule has 1 heterocycles. The molecule has 3 nitrogen and oxygen atoms in total. The van der Waals surface area contributed by atoms with Crippen molar-refractivity contribution in [1.82, 2.24) is 4.90 Å². The van der Waals surface area contributed by atoms with Crippen molar-refractivity contribution in [2.45, 2.75) is 19.5 Å². The van der Waals surface area contributed by atoms with Gasteiger partial charge in [-0.25, -0.2) is 0 Å². The highest BCUT2D eigenvalue weighted by Gasteiger charge is 2.06. The van der Waals surface area contributed by atoms with Gasteiger partial charge in [0.2, 0.25) is 0 Å². The molecule has 0 atom stereocenters. The molecule has 0 bridgehead atoms. The standard InChI is InChI=1S/C16H22N2OS/c1-18(8-7-15-4-3-9-20-15)12-13-5-6-16(19-2)14(10-13)11-17/h3-6,9-10H,7-8,11-12,17H2,1-2H3. The number of methoxy groups -OCH3 is 1. The van der Waals surface area contributed by atoms with Crippen LogP contribution < -0.4 is 10.5 Å². The van der Waals surface area contributed by atoms with Crippen LogP contribution in [0.2, 0.25) is 0 Å². The molecule has 0 radical (unpaired) electrons. The Labute approximate surface area is 125 Å². The van der Waals surface area contributed by atoms with Crippen LogP contribution >= 0.6 is 11.3 Å². The molecule has 20 heavy (non-hydrogen) atoms. The van der Waals surface area contributed by atoms with Gasteiger partial charge in [0.1, 0.15) is 5.75 Å². The van der Waals surface area contributed by atoms with E-state index in [1.165, 1.54) is 10.4 Å². The maximum absolute atomic E-state index is 5.76. The predicted molar refractivity (Wildman–Crippen MR) is 85.2 cm³/mol. The molecule has 0 saturated heterocycles. The number of thiophene rings is 1. The third-order valence-corrected chi connectivity index (χ3v) is 4.27. The Bertz CT molecular complexity index is 525. The summed E-state index contributed by atoms with van der Waals surface area (Å²) in [6.45, 7) is 2.50. The van der Waals surface area contributed by atoms with Crippen LogP contribution in [-0.4, -0.2) is 25.6 Å². The van der Waals surface area contributed by atoms with E-state index in [0.29, 0.717) is 6.54 Å². The molecule has 0 aliphatic rings. The molecule has 0 amide bonds. The minimum absolute atomic E-state index is 0.510. The highest BCUT2D eigenvalue weighted by molar-refractivity contribution is 7.09. The average Bonchev–Trinajstić information content (AvgIpc) is 2.98. The molecule has 0 saturated carbocycles. The third-order valence-electron chi connectivity index (χ3n) is 3.34. The summed E-state index contributed by atoms with van der Waals surface area (Å²) in [6, 6.07) is 10.6. The van der Waals surface area contributed by atoms with Gasteiger partial charge >= 0.3 is 0 Å². The van der Waals surface area contributed by atoms with E-state index < -0.39 is 0 Å². The molecule has 1 aromatic heterocycles. The van der Waals surface area contributed by atoms with Gasteiger partial charge in [-0.3, -0.25) is 0 Å². The average molecular weight is 290 g/mol. The van der Waals surface area contributed by atoms with Crippen LogP contribution in [-0.2, 0) is 19.5 Å². The molecule has 0 aliphatic heterocycles. The lowest BCUT2D eigenvalue weighted by molar-refractivity contribution is 0.331. The van der Waals surface area contributed by atoms with Crippen LogP contribution in [0.15, 0.2) is 35.7 Å². The second-order valence-corrected chi connectivity index (χ2v) is 5.95. The predicted octanol–water partition coefficient (Wildman–Crippen LogP) is 2.89. The summed E-state index contributed by atoms with van der Waals surface area (Å²) in [5, 5.41) is 2.13. The van der Waals surface area contributed by atoms with E-state index in [1.54, 1.807) is 7.11 Å². The number of benzene rings is 1. The first-order valence-electron chi connectivity index (χ1n) is 6.79. The summed E-state index contributed by atoms with van der Waals surface area (Å²) in [5.41, 5.74) is 8.10. The van der Waals surface area contributed by atoms with Gasteiger partial charge in [0.25, 0.3) is 0 Å². The van der Waals surface area contributed by atoms with Gasteiger partial charge in [0, 0.05) is 30.1 Å². The SMILES string of the molecule is COc1ccc(CN(C)CCc2cccs2)cc1CN. The fraction of sp³-hybridized carbons (Fsp3) is 0.375. The minimum atomic E-state index is 0.510. The molecular weight excluding hydrogens is 268 g/mol. The second-order valence-electron chi connectivity index (χ2n) is 4.92. The summed E-state index contributed by atoms with van der Waals surface area (Å²) >= 11 is 1.82. The van der Waals surface area contributed by atoms with Crippen molar-refractivity contribution in [3.8, 4) is 5.75 Å². The Morgan fingerprint density at radius 3 is 2.80 bits per heavy atom. The number of hydrogen-bond donors (Lipinski definition) is 1. The molecule has 4 heteroatoms. The lowest BCUT2D eigenvalue weighted by atomic mass is 10.1. The summed E-state index contributed by atoms with van der Waals surface area (Å²) in [4.78, 5) is 3.77. The number of likely N-dealkylation sites (N-methyl/N-ethyl adjacent to an activating group) is 1. The number of hydrogen-bond acceptors (Lipinski definition) is 4. The van der Waals surface area contributed by atoms with E-state index in [0.717, 1.165) is 30.8 Å². The molecule has 0 fully saturated rings. The van der Waals surface area contributed by atoms with Crippen LogP contribution in [0, 0.1) is 0 Å². The summed E-state index contributed by atoms with van der Waals surface area (Å²) in [5.74, 6) is 0.873. The van der Waals surface area contributed by atoms with Crippen molar-refractivity contribution in [3.05, 3.63) is 51.7 Å². The van der Waals surface area contributed by atoms with Crippen LogP contribution in [0.4, 0.5) is 0 Å². The van der Waals surface area contributed by atoms with Crippen LogP contribution in [0.3, 0.4) is 0 Å². The Morgan fingerprint density at radius 1 is 1.30 bits per heavy atom. The largest absolute Gasteiger partial charge is 0.496 e. The van der Waals surface area contributed by atoms with E-state index >= 15 is 0 Å². The summed E-state index contributed by atoms with van der Waals surface area (Å²) in [7, 11) is 3.83. The topological polar surface area (TPSA) is 38.5 Å². The normalized spacial score (nSPS) is 11.0. The lowest BCUT2D eigenvalue weighted by Crippen LogP contribution is -2.20. The summed E-state index contributed by atoms with van der Waals surface area (Å²) < 4.78 is 5.30. The highest BCUT2D eigenvalue weighted by atomic mass is 32.1. The molecule has 1 aromatic carbocycles. The zero-order valence-corrected chi connectivity index (χ0v) is 13.0. The van der Waals surface area contributed by atoms with Gasteiger partial charge in [0.15, 0.2) is 0 Å². The van der Waals surface area contributed by atoms with Crippen molar-refractivity contribution >= 4 is 11.3 Å². The number of ether oxygens (including phenoxy) is 1. The first-order chi connectivity index (χ1) is 9.72. The molecule has 0 unspecified atom stereocenters. The van der Waals surface area contributed by atoms with Crippen molar-refractivity contribution in [3.63, 3.8) is 0 Å². The Balaban J connectivity index is 1.91. The number of rotatable bonds is 7. The molecule has 0 spiro atoms. The molecule has 2 aromatic rings. The summed E-state index contributed by atoms with van der Waals surface area (Å²) in [6.07, 6.45) is 1.11. The van der Waals surface area contributed by atoms with E-state index in [1.807, 2.05) is 17.4 Å². The van der Waals surface area contributed by atoms with E-state index in [2.05, 4.69) is 41.6 Å². The van der Waals surface area contributed by atoms with Gasteiger partial charge in [0.05, 0.1) is 7.11 Å². The van der Waals surface area contributed by atoms with Gasteiger partial charge in [-0.2, -0.15) is 0 Å². The zero-order chi connectivity index (χ0) is 14.4. The number of nitrogens with zero attached hydrogens (tertiary/aromatic N) is 1. The monoisotopic (exact) mass is 290 g/mol. The first-order valence-corrected chi connectivity index (χ1v) is 7.67. The lowest BCUT2D eigenvalue weighted by Gasteiger charge is -2.17. The van der Waals surface area contributed by atoms with Crippen molar-refractivity contribution in [1.29, 1.82) is 0 Å². The smallest absolute Gasteiger partial charge is 0.123 e. The zero-order valence-electron chi connectivity index (χ0n) is 12.1. The molecule has 2 N–H and O–H groups in total. The van der Waals surface area contributed by atoms with E-state index in [9.17, 15) is 0 Å². The molecule has 2 rings (SSSR count). The number of nitrogens with two attached hydrogens (primary N) is 1. The Morgan fingerprint density at radius 2 is 2.15 bits per heavy atom. The fourth-order valence-corrected chi connectivity index (χ4v) is 2.93. The maximum atomic E-state index is 5.76. The van der Waals surface area contributed by atoms with Gasteiger partial charge < -0.3 is 15.4 Å². The van der Waals surface area contributed by atoms with Crippen LogP contribution in [0.5, 0.6) is 5.75 Å². The maximum Gasteiger partial charge on any atom is 0.123 e. The highest BCUT2D eigenvalue weighted by Crippen LogP contribution is 2.20. The van der Waals surface area contributed by atoms with E-state index in [-0.39, 0.29) is 0 Å². The quantitative estimate of drug-likeness (QED) is 0.852. The van der Waals surface area contributed by atoms with Crippen molar-refractivity contribution in [2.75, 3.05) is 20.7 Å².